The van der Waals surface area contributed by atoms with Crippen LogP contribution in [0.5, 0.6) is 0 Å². The summed E-state index contributed by atoms with van der Waals surface area (Å²) in [5, 5.41) is 14.6. The largest absolute Gasteiger partial charge is 0.350 e. The van der Waals surface area contributed by atoms with E-state index in [-0.39, 0.29) is 22.7 Å². The van der Waals surface area contributed by atoms with Gasteiger partial charge in [0.1, 0.15) is 5.69 Å². The van der Waals surface area contributed by atoms with E-state index in [9.17, 15) is 19.1 Å². The highest BCUT2D eigenvalue weighted by molar-refractivity contribution is 7.83. The monoisotopic (exact) mass is 394 g/mol. The Balaban J connectivity index is 1.91. The summed E-state index contributed by atoms with van der Waals surface area (Å²) in [6.07, 6.45) is 1.62. The van der Waals surface area contributed by atoms with Gasteiger partial charge in [0.25, 0.3) is 5.69 Å². The second kappa shape index (κ2) is 8.58. The Kier molecular flexibility index (Phi) is 5.96. The number of benzene rings is 3. The van der Waals surface area contributed by atoms with E-state index in [0.717, 1.165) is 5.56 Å². The minimum Gasteiger partial charge on any atom is -0.350 e. The number of anilines is 2. The van der Waals surface area contributed by atoms with Crippen LogP contribution >= 0.6 is 0 Å². The molecule has 0 heterocycles. The summed E-state index contributed by atoms with van der Waals surface area (Å²) in [5.74, 6) is 0.130. The molecule has 142 valence electrons. The average Bonchev–Trinajstić information content (AvgIpc) is 2.68. The van der Waals surface area contributed by atoms with Crippen molar-refractivity contribution in [3.8, 4) is 0 Å². The molecule has 6 nitrogen and oxygen atoms in total. The number of nitrogens with zero attached hydrogens (tertiary/aromatic N) is 1. The van der Waals surface area contributed by atoms with Gasteiger partial charge < -0.3 is 5.32 Å². The van der Waals surface area contributed by atoms with Gasteiger partial charge in [-0.25, -0.2) is 0 Å². The zero-order valence-corrected chi connectivity index (χ0v) is 15.9. The molecule has 0 spiro atoms. The van der Waals surface area contributed by atoms with Crippen molar-refractivity contribution in [2.45, 2.75) is 5.75 Å². The molecule has 0 aliphatic carbocycles. The van der Waals surface area contributed by atoms with E-state index in [1.165, 1.54) is 12.1 Å². The normalized spacial score (nSPS) is 11.6. The van der Waals surface area contributed by atoms with E-state index < -0.39 is 15.7 Å². The first-order valence-electron chi connectivity index (χ1n) is 8.48. The van der Waals surface area contributed by atoms with E-state index >= 15 is 0 Å². The number of nitro benzene ring substituents is 1. The maximum absolute atomic E-state index is 12.6. The highest BCUT2D eigenvalue weighted by Crippen LogP contribution is 2.30. The van der Waals surface area contributed by atoms with Crippen molar-refractivity contribution in [3.05, 3.63) is 99.6 Å². The molecule has 1 unspecified atom stereocenters. The topological polar surface area (TPSA) is 89.3 Å². The van der Waals surface area contributed by atoms with Crippen LogP contribution in [-0.2, 0) is 16.6 Å². The number of nitrogens with one attached hydrogen (secondary N) is 1. The SMILES string of the molecule is CS(=O)Cc1cccc(Nc2ccc(C(=O)c3ccccc3)cc2[N+](=O)[O-])c1. The first kappa shape index (κ1) is 19.4. The average molecular weight is 394 g/mol. The van der Waals surface area contributed by atoms with E-state index in [2.05, 4.69) is 5.32 Å². The molecule has 1 N–H and O–H groups in total. The highest BCUT2D eigenvalue weighted by atomic mass is 32.2. The molecule has 0 aromatic heterocycles. The summed E-state index contributed by atoms with van der Waals surface area (Å²) in [5.41, 5.74) is 2.32. The molecule has 0 saturated carbocycles. The van der Waals surface area contributed by atoms with Crippen molar-refractivity contribution >= 4 is 33.6 Å². The molecule has 0 fully saturated rings. The highest BCUT2D eigenvalue weighted by Gasteiger charge is 2.18. The molecule has 1 atom stereocenters. The van der Waals surface area contributed by atoms with Gasteiger partial charge in [0.2, 0.25) is 0 Å². The van der Waals surface area contributed by atoms with Crippen LogP contribution in [0.4, 0.5) is 17.1 Å². The van der Waals surface area contributed by atoms with Crippen molar-refractivity contribution in [1.29, 1.82) is 0 Å². The summed E-state index contributed by atoms with van der Waals surface area (Å²) in [6.45, 7) is 0. The first-order chi connectivity index (χ1) is 13.4. The Bertz CT molecular complexity index is 1050. The second-order valence-electron chi connectivity index (χ2n) is 6.23. The van der Waals surface area contributed by atoms with Gasteiger partial charge >= 0.3 is 0 Å². The van der Waals surface area contributed by atoms with Crippen LogP contribution in [0.1, 0.15) is 21.5 Å². The third-order valence-electron chi connectivity index (χ3n) is 4.07. The molecule has 0 saturated heterocycles. The lowest BCUT2D eigenvalue weighted by atomic mass is 10.0. The standard InChI is InChI=1S/C21H18N2O4S/c1-28(27)14-15-6-5-9-18(12-15)22-19-11-10-17(13-20(19)23(25)26)21(24)16-7-3-2-4-8-16/h2-13,22H,14H2,1H3. The lowest BCUT2D eigenvalue weighted by Crippen LogP contribution is -2.04. The third kappa shape index (κ3) is 4.69. The number of carbonyl (C=O) groups is 1. The van der Waals surface area contributed by atoms with Crippen molar-refractivity contribution in [2.75, 3.05) is 11.6 Å². The Hall–Kier alpha value is -3.32. The molecule has 3 aromatic rings. The minimum atomic E-state index is -0.983. The molecule has 28 heavy (non-hydrogen) atoms. The molecular weight excluding hydrogens is 376 g/mol. The quantitative estimate of drug-likeness (QED) is 0.363. The minimum absolute atomic E-state index is 0.189. The van der Waals surface area contributed by atoms with E-state index in [1.54, 1.807) is 60.9 Å². The summed E-state index contributed by atoms with van der Waals surface area (Å²) < 4.78 is 11.4. The molecule has 0 aliphatic heterocycles. The van der Waals surface area contributed by atoms with Gasteiger partial charge in [-0.1, -0.05) is 42.5 Å². The fourth-order valence-electron chi connectivity index (χ4n) is 2.81. The fourth-order valence-corrected chi connectivity index (χ4v) is 3.46. The lowest BCUT2D eigenvalue weighted by molar-refractivity contribution is -0.383. The molecule has 0 radical (unpaired) electrons. The second-order valence-corrected chi connectivity index (χ2v) is 7.66. The zero-order chi connectivity index (χ0) is 20.1. The number of nitro groups is 1. The predicted molar refractivity (Wildman–Crippen MR) is 110 cm³/mol. The van der Waals surface area contributed by atoms with Gasteiger partial charge in [0.05, 0.1) is 4.92 Å². The van der Waals surface area contributed by atoms with Crippen LogP contribution in [0.3, 0.4) is 0 Å². The lowest BCUT2D eigenvalue weighted by Gasteiger charge is -2.10. The predicted octanol–water partition coefficient (Wildman–Crippen LogP) is 4.45. The van der Waals surface area contributed by atoms with Crippen LogP contribution in [0.2, 0.25) is 0 Å². The smallest absolute Gasteiger partial charge is 0.293 e. The van der Waals surface area contributed by atoms with Crippen LogP contribution in [0.15, 0.2) is 72.8 Å². The van der Waals surface area contributed by atoms with Gasteiger partial charge in [-0.3, -0.25) is 19.1 Å². The number of rotatable bonds is 7. The molecule has 3 rings (SSSR count). The maximum atomic E-state index is 12.6. The number of hydrogen-bond donors (Lipinski definition) is 1. The number of hydrogen-bond acceptors (Lipinski definition) is 5. The molecular formula is C21H18N2O4S. The van der Waals surface area contributed by atoms with E-state index in [4.69, 9.17) is 0 Å². The zero-order valence-electron chi connectivity index (χ0n) is 15.1. The van der Waals surface area contributed by atoms with Crippen LogP contribution in [0.25, 0.3) is 0 Å². The Morgan fingerprint density at radius 2 is 1.75 bits per heavy atom. The fraction of sp³-hybridized carbons (Fsp3) is 0.0952. The third-order valence-corrected chi connectivity index (χ3v) is 4.81. The van der Waals surface area contributed by atoms with Gasteiger partial charge in [0.15, 0.2) is 5.78 Å². The van der Waals surface area contributed by atoms with Crippen molar-refractivity contribution in [2.24, 2.45) is 0 Å². The van der Waals surface area contributed by atoms with Crippen LogP contribution in [0, 0.1) is 10.1 Å². The summed E-state index contributed by atoms with van der Waals surface area (Å²) in [6, 6.07) is 20.2. The number of ketones is 1. The molecule has 0 amide bonds. The molecule has 7 heteroatoms. The first-order valence-corrected chi connectivity index (χ1v) is 10.2. The van der Waals surface area contributed by atoms with Gasteiger partial charge in [-0.2, -0.15) is 0 Å². The Morgan fingerprint density at radius 3 is 2.43 bits per heavy atom. The van der Waals surface area contributed by atoms with Crippen LogP contribution in [-0.4, -0.2) is 21.2 Å². The van der Waals surface area contributed by atoms with Crippen LogP contribution < -0.4 is 5.32 Å². The Labute approximate surface area is 164 Å². The summed E-state index contributed by atoms with van der Waals surface area (Å²) in [7, 11) is -0.983. The molecule has 0 aliphatic rings. The summed E-state index contributed by atoms with van der Waals surface area (Å²) >= 11 is 0. The molecule has 0 bridgehead atoms. The Morgan fingerprint density at radius 1 is 1.00 bits per heavy atom. The maximum Gasteiger partial charge on any atom is 0.293 e. The number of carbonyl (C=O) groups excluding carboxylic acids is 1. The van der Waals surface area contributed by atoms with Gasteiger partial charge in [0, 0.05) is 45.7 Å². The van der Waals surface area contributed by atoms with E-state index in [0.29, 0.717) is 17.0 Å². The van der Waals surface area contributed by atoms with Gasteiger partial charge in [-0.15, -0.1) is 0 Å². The van der Waals surface area contributed by atoms with Crippen molar-refractivity contribution < 1.29 is 13.9 Å². The van der Waals surface area contributed by atoms with Crippen molar-refractivity contribution in [1.82, 2.24) is 0 Å². The molecule has 3 aromatic carbocycles. The van der Waals surface area contributed by atoms with E-state index in [1.807, 2.05) is 6.07 Å². The summed E-state index contributed by atoms with van der Waals surface area (Å²) in [4.78, 5) is 23.6. The van der Waals surface area contributed by atoms with Crippen molar-refractivity contribution in [3.63, 3.8) is 0 Å². The van der Waals surface area contributed by atoms with Gasteiger partial charge in [-0.05, 0) is 29.8 Å².